The minimum Gasteiger partial charge on any atom is -0.481 e. The molecule has 0 aliphatic carbocycles. The molecule has 20 heavy (non-hydrogen) atoms. The van der Waals surface area contributed by atoms with Crippen LogP contribution >= 0.6 is 27.3 Å². The first-order valence-corrected chi connectivity index (χ1v) is 8.03. The zero-order valence-corrected chi connectivity index (χ0v) is 13.9. The van der Waals surface area contributed by atoms with Gasteiger partial charge >= 0.3 is 12.0 Å². The molecular weight excluding hydrogens is 344 g/mol. The minimum absolute atomic E-state index is 0.134. The van der Waals surface area contributed by atoms with Crippen molar-refractivity contribution in [1.29, 1.82) is 0 Å². The minimum atomic E-state index is -0.886. The van der Waals surface area contributed by atoms with E-state index in [-0.39, 0.29) is 12.6 Å². The SMILES string of the molecule is CCC(CC)(CNC(=O)NCc1ccc(Br)s1)C(=O)O. The number of carbonyl (C=O) groups excluding carboxylic acids is 1. The molecule has 0 unspecified atom stereocenters. The van der Waals surface area contributed by atoms with Crippen LogP contribution in [-0.4, -0.2) is 23.7 Å². The fourth-order valence-electron chi connectivity index (χ4n) is 1.80. The molecule has 0 saturated carbocycles. The number of hydrogen-bond donors (Lipinski definition) is 3. The molecule has 5 nitrogen and oxygen atoms in total. The van der Waals surface area contributed by atoms with Crippen molar-refractivity contribution in [2.45, 2.75) is 33.2 Å². The Morgan fingerprint density at radius 3 is 2.40 bits per heavy atom. The van der Waals surface area contributed by atoms with Gasteiger partial charge < -0.3 is 15.7 Å². The van der Waals surface area contributed by atoms with Crippen LogP contribution in [0.1, 0.15) is 31.6 Å². The molecule has 3 N–H and O–H groups in total. The zero-order chi connectivity index (χ0) is 15.2. The first-order valence-electron chi connectivity index (χ1n) is 6.43. The van der Waals surface area contributed by atoms with Crippen molar-refractivity contribution in [1.82, 2.24) is 10.6 Å². The molecule has 2 amide bonds. The third-order valence-corrected chi connectivity index (χ3v) is 5.07. The average molecular weight is 363 g/mol. The van der Waals surface area contributed by atoms with Gasteiger partial charge in [-0.3, -0.25) is 4.79 Å². The van der Waals surface area contributed by atoms with Crippen LogP contribution < -0.4 is 10.6 Å². The van der Waals surface area contributed by atoms with Gasteiger partial charge in [0.1, 0.15) is 0 Å². The van der Waals surface area contributed by atoms with Gasteiger partial charge in [0.05, 0.1) is 15.7 Å². The zero-order valence-electron chi connectivity index (χ0n) is 11.5. The summed E-state index contributed by atoms with van der Waals surface area (Å²) in [5.41, 5.74) is -0.886. The number of carbonyl (C=O) groups is 2. The number of carboxylic acids is 1. The summed E-state index contributed by atoms with van der Waals surface area (Å²) in [6, 6.07) is 3.50. The number of nitrogens with one attached hydrogen (secondary N) is 2. The molecule has 0 saturated heterocycles. The van der Waals surface area contributed by atoms with Crippen molar-refractivity contribution in [3.8, 4) is 0 Å². The highest BCUT2D eigenvalue weighted by atomic mass is 79.9. The Kier molecular flexibility index (Phi) is 6.48. The van der Waals surface area contributed by atoms with E-state index in [1.807, 2.05) is 26.0 Å². The molecule has 1 heterocycles. The largest absolute Gasteiger partial charge is 0.481 e. The molecule has 0 aliphatic heterocycles. The Hall–Kier alpha value is -1.08. The molecule has 0 bridgehead atoms. The number of urea groups is 1. The highest BCUT2D eigenvalue weighted by Crippen LogP contribution is 2.25. The number of amides is 2. The Morgan fingerprint density at radius 2 is 1.95 bits per heavy atom. The molecule has 112 valence electrons. The summed E-state index contributed by atoms with van der Waals surface area (Å²) in [7, 11) is 0. The van der Waals surface area contributed by atoms with Crippen LogP contribution in [0, 0.1) is 5.41 Å². The Labute approximate surface area is 130 Å². The van der Waals surface area contributed by atoms with Gasteiger partial charge in [-0.25, -0.2) is 4.79 Å². The van der Waals surface area contributed by atoms with Crippen LogP contribution in [0.4, 0.5) is 4.79 Å². The third-order valence-electron chi connectivity index (χ3n) is 3.45. The van der Waals surface area contributed by atoms with E-state index in [4.69, 9.17) is 0 Å². The number of thiophene rings is 1. The molecule has 7 heteroatoms. The lowest BCUT2D eigenvalue weighted by molar-refractivity contribution is -0.149. The van der Waals surface area contributed by atoms with E-state index in [0.29, 0.717) is 19.4 Å². The molecule has 0 radical (unpaired) electrons. The van der Waals surface area contributed by atoms with Gasteiger partial charge in [-0.2, -0.15) is 0 Å². The fraction of sp³-hybridized carbons (Fsp3) is 0.538. The average Bonchev–Trinajstić information content (AvgIpc) is 2.83. The maximum Gasteiger partial charge on any atom is 0.315 e. The Morgan fingerprint density at radius 1 is 1.30 bits per heavy atom. The Balaban J connectivity index is 2.44. The number of carboxylic acid groups (broad SMARTS) is 1. The molecule has 1 aromatic rings. The molecule has 1 rings (SSSR count). The highest BCUT2D eigenvalue weighted by molar-refractivity contribution is 9.11. The van der Waals surface area contributed by atoms with Gasteiger partial charge in [-0.05, 0) is 40.9 Å². The van der Waals surface area contributed by atoms with Crippen LogP contribution in [0.5, 0.6) is 0 Å². The summed E-state index contributed by atoms with van der Waals surface area (Å²) in [6.45, 7) is 4.20. The van der Waals surface area contributed by atoms with Gasteiger partial charge in [-0.15, -0.1) is 11.3 Å². The standard InChI is InChI=1S/C13H19BrN2O3S/c1-3-13(4-2,11(17)18)8-16-12(19)15-7-9-5-6-10(14)20-9/h5-6H,3-4,7-8H2,1-2H3,(H,17,18)(H2,15,16,19). The second-order valence-corrected chi connectivity index (χ2v) is 7.08. The van der Waals surface area contributed by atoms with E-state index in [0.717, 1.165) is 8.66 Å². The molecule has 0 aromatic carbocycles. The van der Waals surface area contributed by atoms with Crippen LogP contribution in [0.25, 0.3) is 0 Å². The third kappa shape index (κ3) is 4.49. The van der Waals surface area contributed by atoms with Crippen LogP contribution in [0.3, 0.4) is 0 Å². The number of rotatable bonds is 7. The van der Waals surface area contributed by atoms with E-state index in [2.05, 4.69) is 26.6 Å². The fourth-order valence-corrected chi connectivity index (χ4v) is 3.23. The molecular formula is C13H19BrN2O3S. The first kappa shape index (κ1) is 17.0. The normalized spacial score (nSPS) is 11.2. The quantitative estimate of drug-likeness (QED) is 0.696. The molecule has 0 fully saturated rings. The summed E-state index contributed by atoms with van der Waals surface area (Å²) in [6.07, 6.45) is 0.966. The van der Waals surface area contributed by atoms with Crippen molar-refractivity contribution >= 4 is 39.3 Å². The van der Waals surface area contributed by atoms with Crippen molar-refractivity contribution in [3.63, 3.8) is 0 Å². The lowest BCUT2D eigenvalue weighted by Gasteiger charge is -2.26. The molecule has 1 aromatic heterocycles. The summed E-state index contributed by atoms with van der Waals surface area (Å²) in [4.78, 5) is 24.0. The van der Waals surface area contributed by atoms with E-state index >= 15 is 0 Å². The lowest BCUT2D eigenvalue weighted by Crippen LogP contribution is -2.45. The second-order valence-electron chi connectivity index (χ2n) is 4.53. The summed E-state index contributed by atoms with van der Waals surface area (Å²) < 4.78 is 1.01. The predicted molar refractivity (Wildman–Crippen MR) is 82.9 cm³/mol. The van der Waals surface area contributed by atoms with Gasteiger partial charge in [0.25, 0.3) is 0 Å². The van der Waals surface area contributed by atoms with Gasteiger partial charge in [0, 0.05) is 11.4 Å². The van der Waals surface area contributed by atoms with E-state index < -0.39 is 11.4 Å². The second kappa shape index (κ2) is 7.64. The molecule has 0 atom stereocenters. The summed E-state index contributed by atoms with van der Waals surface area (Å²) in [5.74, 6) is -0.870. The lowest BCUT2D eigenvalue weighted by atomic mass is 9.82. The van der Waals surface area contributed by atoms with Crippen molar-refractivity contribution in [3.05, 3.63) is 20.8 Å². The number of halogens is 1. The molecule has 0 aliphatic rings. The maximum absolute atomic E-state index is 11.7. The number of hydrogen-bond acceptors (Lipinski definition) is 3. The topological polar surface area (TPSA) is 78.4 Å². The van der Waals surface area contributed by atoms with E-state index in [1.165, 1.54) is 0 Å². The van der Waals surface area contributed by atoms with Crippen LogP contribution in [0.15, 0.2) is 15.9 Å². The van der Waals surface area contributed by atoms with Gasteiger partial charge in [0.2, 0.25) is 0 Å². The van der Waals surface area contributed by atoms with Crippen LogP contribution in [-0.2, 0) is 11.3 Å². The van der Waals surface area contributed by atoms with Crippen molar-refractivity contribution in [2.24, 2.45) is 5.41 Å². The maximum atomic E-state index is 11.7. The Bertz CT molecular complexity index is 472. The van der Waals surface area contributed by atoms with E-state index in [9.17, 15) is 14.7 Å². The van der Waals surface area contributed by atoms with Gasteiger partial charge in [-0.1, -0.05) is 13.8 Å². The van der Waals surface area contributed by atoms with Crippen molar-refractivity contribution < 1.29 is 14.7 Å². The predicted octanol–water partition coefficient (Wildman–Crippen LogP) is 3.20. The monoisotopic (exact) mass is 362 g/mol. The smallest absolute Gasteiger partial charge is 0.315 e. The summed E-state index contributed by atoms with van der Waals surface area (Å²) >= 11 is 4.90. The van der Waals surface area contributed by atoms with E-state index in [1.54, 1.807) is 11.3 Å². The molecule has 0 spiro atoms. The van der Waals surface area contributed by atoms with Crippen LogP contribution in [0.2, 0.25) is 0 Å². The van der Waals surface area contributed by atoms with Crippen molar-refractivity contribution in [2.75, 3.05) is 6.54 Å². The first-order chi connectivity index (χ1) is 9.43. The van der Waals surface area contributed by atoms with Gasteiger partial charge in [0.15, 0.2) is 0 Å². The highest BCUT2D eigenvalue weighted by Gasteiger charge is 2.35. The summed E-state index contributed by atoms with van der Waals surface area (Å²) in [5, 5.41) is 14.6. The number of aliphatic carboxylic acids is 1.